The molecule has 0 atom stereocenters. The maximum atomic E-state index is 5.73. The van der Waals surface area contributed by atoms with E-state index >= 15 is 0 Å². The van der Waals surface area contributed by atoms with Gasteiger partial charge in [0.25, 0.3) is 0 Å². The van der Waals surface area contributed by atoms with Crippen LogP contribution in [0.25, 0.3) is 11.1 Å². The summed E-state index contributed by atoms with van der Waals surface area (Å²) in [5.41, 5.74) is 9.14. The lowest BCUT2D eigenvalue weighted by Gasteiger charge is -2.11. The van der Waals surface area contributed by atoms with Gasteiger partial charge >= 0.3 is 0 Å². The van der Waals surface area contributed by atoms with Crippen LogP contribution in [0.1, 0.15) is 5.56 Å². The molecule has 3 heteroatoms. The maximum absolute atomic E-state index is 5.73. The molecule has 1 heterocycles. The minimum Gasteiger partial charge on any atom is -0.496 e. The predicted octanol–water partition coefficient (Wildman–Crippen LogP) is 2.88. The van der Waals surface area contributed by atoms with Gasteiger partial charge in [-0.2, -0.15) is 11.3 Å². The number of benzene rings is 1. The van der Waals surface area contributed by atoms with Gasteiger partial charge in [-0.05, 0) is 34.0 Å². The lowest BCUT2D eigenvalue weighted by atomic mass is 10.0. The highest BCUT2D eigenvalue weighted by Crippen LogP contribution is 2.34. The van der Waals surface area contributed by atoms with E-state index in [0.29, 0.717) is 6.54 Å². The van der Waals surface area contributed by atoms with Gasteiger partial charge in [-0.3, -0.25) is 0 Å². The van der Waals surface area contributed by atoms with Gasteiger partial charge in [0.2, 0.25) is 0 Å². The zero-order valence-electron chi connectivity index (χ0n) is 8.57. The summed E-state index contributed by atoms with van der Waals surface area (Å²) in [5, 5.41) is 4.17. The first-order chi connectivity index (χ1) is 7.36. The zero-order chi connectivity index (χ0) is 10.7. The predicted molar refractivity (Wildman–Crippen MR) is 64.2 cm³/mol. The second-order valence-electron chi connectivity index (χ2n) is 3.21. The van der Waals surface area contributed by atoms with Crippen LogP contribution in [-0.4, -0.2) is 7.11 Å². The lowest BCUT2D eigenvalue weighted by molar-refractivity contribution is 0.416. The highest BCUT2D eigenvalue weighted by atomic mass is 32.1. The second-order valence-corrected chi connectivity index (χ2v) is 3.99. The van der Waals surface area contributed by atoms with Gasteiger partial charge in [0.1, 0.15) is 5.75 Å². The topological polar surface area (TPSA) is 35.2 Å². The Labute approximate surface area is 93.3 Å². The molecule has 2 aromatic rings. The summed E-state index contributed by atoms with van der Waals surface area (Å²) in [7, 11) is 1.69. The summed E-state index contributed by atoms with van der Waals surface area (Å²) >= 11 is 1.68. The first-order valence-electron chi connectivity index (χ1n) is 4.75. The molecule has 0 aliphatic heterocycles. The average molecular weight is 219 g/mol. The van der Waals surface area contributed by atoms with Crippen LogP contribution in [0.2, 0.25) is 0 Å². The number of methoxy groups -OCH3 is 1. The van der Waals surface area contributed by atoms with Gasteiger partial charge in [0, 0.05) is 12.1 Å². The fraction of sp³-hybridized carbons (Fsp3) is 0.167. The molecular formula is C12H13NOS. The third-order valence-electron chi connectivity index (χ3n) is 2.36. The first-order valence-corrected chi connectivity index (χ1v) is 5.69. The Kier molecular flexibility index (Phi) is 3.04. The largest absolute Gasteiger partial charge is 0.496 e. The van der Waals surface area contributed by atoms with Gasteiger partial charge in [0.15, 0.2) is 0 Å². The van der Waals surface area contributed by atoms with Crippen LogP contribution in [0.4, 0.5) is 0 Å². The number of thiophene rings is 1. The molecule has 0 unspecified atom stereocenters. The SMILES string of the molecule is COc1cccc(CN)c1-c1ccsc1. The van der Waals surface area contributed by atoms with Crippen LogP contribution in [0.5, 0.6) is 5.75 Å². The molecule has 2 N–H and O–H groups in total. The van der Waals surface area contributed by atoms with Gasteiger partial charge in [0.05, 0.1) is 7.11 Å². The highest BCUT2D eigenvalue weighted by Gasteiger charge is 2.10. The van der Waals surface area contributed by atoms with E-state index in [4.69, 9.17) is 10.5 Å². The number of hydrogen-bond donors (Lipinski definition) is 1. The summed E-state index contributed by atoms with van der Waals surface area (Å²) in [6.07, 6.45) is 0. The van der Waals surface area contributed by atoms with Crippen LogP contribution >= 0.6 is 11.3 Å². The zero-order valence-corrected chi connectivity index (χ0v) is 9.38. The molecule has 0 spiro atoms. The van der Waals surface area contributed by atoms with Crippen molar-refractivity contribution in [2.45, 2.75) is 6.54 Å². The smallest absolute Gasteiger partial charge is 0.127 e. The van der Waals surface area contributed by atoms with Crippen molar-refractivity contribution in [3.05, 3.63) is 40.6 Å². The number of hydrogen-bond acceptors (Lipinski definition) is 3. The Balaban J connectivity index is 2.61. The molecule has 1 aromatic carbocycles. The molecule has 78 valence electrons. The van der Waals surface area contributed by atoms with Crippen LogP contribution < -0.4 is 10.5 Å². The molecule has 0 fully saturated rings. The van der Waals surface area contributed by atoms with Gasteiger partial charge in [-0.1, -0.05) is 12.1 Å². The minimum atomic E-state index is 0.530. The van der Waals surface area contributed by atoms with Gasteiger partial charge < -0.3 is 10.5 Å². The normalized spacial score (nSPS) is 10.3. The number of nitrogens with two attached hydrogens (primary N) is 1. The highest BCUT2D eigenvalue weighted by molar-refractivity contribution is 7.08. The first kappa shape index (κ1) is 10.2. The quantitative estimate of drug-likeness (QED) is 0.861. The van der Waals surface area contributed by atoms with E-state index in [2.05, 4.69) is 16.8 Å². The molecule has 0 amide bonds. The average Bonchev–Trinajstić information content (AvgIpc) is 2.81. The van der Waals surface area contributed by atoms with Crippen molar-refractivity contribution in [3.8, 4) is 16.9 Å². The molecule has 15 heavy (non-hydrogen) atoms. The van der Waals surface area contributed by atoms with E-state index in [1.165, 1.54) is 5.56 Å². The molecule has 0 aliphatic rings. The number of ether oxygens (including phenoxy) is 1. The standard InChI is InChI=1S/C12H13NOS/c1-14-11-4-2-3-9(7-13)12(11)10-5-6-15-8-10/h2-6,8H,7,13H2,1H3. The lowest BCUT2D eigenvalue weighted by Crippen LogP contribution is -2.00. The van der Waals surface area contributed by atoms with Gasteiger partial charge in [-0.25, -0.2) is 0 Å². The summed E-state index contributed by atoms with van der Waals surface area (Å²) in [4.78, 5) is 0. The Morgan fingerprint density at radius 3 is 2.80 bits per heavy atom. The molecule has 0 saturated heterocycles. The Bertz CT molecular complexity index is 415. The monoisotopic (exact) mass is 219 g/mol. The third-order valence-corrected chi connectivity index (χ3v) is 3.05. The van der Waals surface area contributed by atoms with E-state index in [0.717, 1.165) is 16.9 Å². The summed E-state index contributed by atoms with van der Waals surface area (Å²) in [6, 6.07) is 8.06. The van der Waals surface area contributed by atoms with E-state index in [9.17, 15) is 0 Å². The van der Waals surface area contributed by atoms with Crippen molar-refractivity contribution >= 4 is 11.3 Å². The van der Waals surface area contributed by atoms with E-state index < -0.39 is 0 Å². The Morgan fingerprint density at radius 2 is 2.20 bits per heavy atom. The molecule has 0 radical (unpaired) electrons. The van der Waals surface area contributed by atoms with Crippen molar-refractivity contribution in [2.24, 2.45) is 5.73 Å². The van der Waals surface area contributed by atoms with Crippen molar-refractivity contribution in [3.63, 3.8) is 0 Å². The van der Waals surface area contributed by atoms with E-state index in [-0.39, 0.29) is 0 Å². The molecule has 0 aliphatic carbocycles. The Morgan fingerprint density at radius 1 is 1.33 bits per heavy atom. The molecule has 2 rings (SSSR count). The van der Waals surface area contributed by atoms with Crippen LogP contribution in [0.3, 0.4) is 0 Å². The van der Waals surface area contributed by atoms with E-state index in [1.807, 2.05) is 18.2 Å². The molecule has 0 saturated carbocycles. The van der Waals surface area contributed by atoms with Crippen molar-refractivity contribution in [1.29, 1.82) is 0 Å². The third kappa shape index (κ3) is 1.89. The van der Waals surface area contributed by atoms with Crippen molar-refractivity contribution in [2.75, 3.05) is 7.11 Å². The summed E-state index contributed by atoms with van der Waals surface area (Å²) in [6.45, 7) is 0.530. The second kappa shape index (κ2) is 4.47. The van der Waals surface area contributed by atoms with Crippen molar-refractivity contribution < 1.29 is 4.74 Å². The van der Waals surface area contributed by atoms with Crippen LogP contribution in [0, 0.1) is 0 Å². The fourth-order valence-electron chi connectivity index (χ4n) is 1.65. The van der Waals surface area contributed by atoms with Crippen LogP contribution in [0.15, 0.2) is 35.0 Å². The minimum absolute atomic E-state index is 0.530. The van der Waals surface area contributed by atoms with Gasteiger partial charge in [-0.15, -0.1) is 0 Å². The van der Waals surface area contributed by atoms with E-state index in [1.54, 1.807) is 18.4 Å². The maximum Gasteiger partial charge on any atom is 0.127 e. The molecular weight excluding hydrogens is 206 g/mol. The Hall–Kier alpha value is -1.32. The van der Waals surface area contributed by atoms with Crippen molar-refractivity contribution in [1.82, 2.24) is 0 Å². The van der Waals surface area contributed by atoms with Crippen LogP contribution in [-0.2, 0) is 6.54 Å². The summed E-state index contributed by atoms with van der Waals surface area (Å²) < 4.78 is 5.36. The molecule has 2 nitrogen and oxygen atoms in total. The summed E-state index contributed by atoms with van der Waals surface area (Å²) in [5.74, 6) is 0.886. The number of rotatable bonds is 3. The molecule has 0 bridgehead atoms. The molecule has 1 aromatic heterocycles. The fourth-order valence-corrected chi connectivity index (χ4v) is 2.30.